The van der Waals surface area contributed by atoms with Crippen molar-refractivity contribution in [3.05, 3.63) is 28.5 Å². The molecule has 19 heavy (non-hydrogen) atoms. The van der Waals surface area contributed by atoms with Crippen molar-refractivity contribution >= 4 is 27.7 Å². The van der Waals surface area contributed by atoms with Crippen LogP contribution < -0.4 is 0 Å². The Morgan fingerprint density at radius 3 is 2.95 bits per heavy atom. The van der Waals surface area contributed by atoms with Crippen molar-refractivity contribution in [3.8, 4) is 0 Å². The molecule has 1 aliphatic heterocycles. The molecule has 1 aliphatic rings. The molecule has 1 saturated heterocycles. The third-order valence-corrected chi connectivity index (χ3v) is 3.61. The van der Waals surface area contributed by atoms with Crippen LogP contribution in [-0.4, -0.2) is 53.3 Å². The molecule has 102 valence electrons. The van der Waals surface area contributed by atoms with Crippen molar-refractivity contribution in [1.29, 1.82) is 0 Å². The Bertz CT molecular complexity index is 493. The first-order chi connectivity index (χ1) is 9.08. The van der Waals surface area contributed by atoms with E-state index in [1.807, 2.05) is 4.90 Å². The number of hydrogen-bond acceptors (Lipinski definition) is 3. The summed E-state index contributed by atoms with van der Waals surface area (Å²) in [4.78, 5) is 31.0. The fourth-order valence-corrected chi connectivity index (χ4v) is 2.43. The summed E-state index contributed by atoms with van der Waals surface area (Å²) in [6, 6.07) is 1.74. The molecule has 2 amide bonds. The number of amides is 2. The minimum Gasteiger partial charge on any atom is -0.341 e. The van der Waals surface area contributed by atoms with Crippen LogP contribution >= 0.6 is 15.9 Å². The second kappa shape index (κ2) is 6.14. The van der Waals surface area contributed by atoms with E-state index in [9.17, 15) is 9.59 Å². The van der Waals surface area contributed by atoms with Crippen LogP contribution in [0.5, 0.6) is 0 Å². The minimum absolute atomic E-state index is 0.0829. The third-order valence-electron chi connectivity index (χ3n) is 3.18. The maximum absolute atomic E-state index is 12.1. The van der Waals surface area contributed by atoms with E-state index in [1.54, 1.807) is 30.4 Å². The average Bonchev–Trinajstić information content (AvgIpc) is 2.80. The van der Waals surface area contributed by atoms with Gasteiger partial charge < -0.3 is 9.80 Å². The number of nitrogens with zero attached hydrogens (tertiary/aromatic N) is 3. The number of hydrogen-bond donors (Lipinski definition) is 0. The van der Waals surface area contributed by atoms with E-state index >= 15 is 0 Å². The summed E-state index contributed by atoms with van der Waals surface area (Å²) < 4.78 is 0.779. The molecule has 0 spiro atoms. The summed E-state index contributed by atoms with van der Waals surface area (Å²) in [6.07, 6.45) is 4.74. The van der Waals surface area contributed by atoms with Crippen LogP contribution in [0.3, 0.4) is 0 Å². The Morgan fingerprint density at radius 1 is 1.53 bits per heavy atom. The molecule has 0 saturated carbocycles. The fraction of sp³-hybridized carbons (Fsp3) is 0.462. The predicted octanol–water partition coefficient (Wildman–Crippen LogP) is 1.54. The number of likely N-dealkylation sites (N-methyl/N-ethyl adjacent to an activating group) is 1. The van der Waals surface area contributed by atoms with Crippen LogP contribution in [0.1, 0.15) is 23.2 Å². The van der Waals surface area contributed by atoms with Crippen molar-refractivity contribution in [1.82, 2.24) is 14.8 Å². The molecular formula is C13H16BrN3O2. The van der Waals surface area contributed by atoms with E-state index in [-0.39, 0.29) is 11.8 Å². The monoisotopic (exact) mass is 325 g/mol. The number of carbonyl (C=O) groups excluding carboxylic acids is 2. The normalized spacial score (nSPS) is 14.8. The molecule has 0 aliphatic carbocycles. The average molecular weight is 326 g/mol. The van der Waals surface area contributed by atoms with Gasteiger partial charge in [0.25, 0.3) is 5.91 Å². The molecule has 6 heteroatoms. The molecule has 2 heterocycles. The van der Waals surface area contributed by atoms with Gasteiger partial charge in [-0.25, -0.2) is 0 Å². The van der Waals surface area contributed by atoms with Gasteiger partial charge in [0.15, 0.2) is 0 Å². The smallest absolute Gasteiger partial charge is 0.255 e. The standard InChI is InChI=1S/C13H16BrN3O2/c1-16(5-6-17-4-2-3-12(17)18)13(19)10-7-11(14)9-15-8-10/h7-9H,2-6H2,1H3. The number of halogens is 1. The Balaban J connectivity index is 1.90. The second-order valence-electron chi connectivity index (χ2n) is 4.60. The van der Waals surface area contributed by atoms with Gasteiger partial charge >= 0.3 is 0 Å². The molecule has 2 rings (SSSR count). The summed E-state index contributed by atoms with van der Waals surface area (Å²) in [5.74, 6) is 0.102. The molecule has 0 atom stereocenters. The highest BCUT2D eigenvalue weighted by Crippen LogP contribution is 2.12. The maximum Gasteiger partial charge on any atom is 0.255 e. The highest BCUT2D eigenvalue weighted by atomic mass is 79.9. The first kappa shape index (κ1) is 14.0. The molecule has 1 aromatic heterocycles. The third kappa shape index (κ3) is 3.53. The van der Waals surface area contributed by atoms with Crippen molar-refractivity contribution in [2.45, 2.75) is 12.8 Å². The fourth-order valence-electron chi connectivity index (χ4n) is 2.06. The van der Waals surface area contributed by atoms with Crippen LogP contribution in [0.15, 0.2) is 22.9 Å². The van der Waals surface area contributed by atoms with Crippen LogP contribution in [0.2, 0.25) is 0 Å². The van der Waals surface area contributed by atoms with Gasteiger partial charge in [-0.3, -0.25) is 14.6 Å². The summed E-state index contributed by atoms with van der Waals surface area (Å²) >= 11 is 3.29. The Morgan fingerprint density at radius 2 is 2.32 bits per heavy atom. The van der Waals surface area contributed by atoms with Gasteiger partial charge in [-0.1, -0.05) is 0 Å². The van der Waals surface area contributed by atoms with E-state index in [0.29, 0.717) is 25.1 Å². The zero-order valence-electron chi connectivity index (χ0n) is 10.8. The molecule has 0 aromatic carbocycles. The van der Waals surface area contributed by atoms with Gasteiger partial charge in [0.05, 0.1) is 5.56 Å². The second-order valence-corrected chi connectivity index (χ2v) is 5.52. The molecule has 0 radical (unpaired) electrons. The Labute approximate surface area is 120 Å². The van der Waals surface area contributed by atoms with E-state index < -0.39 is 0 Å². The van der Waals surface area contributed by atoms with E-state index in [0.717, 1.165) is 17.4 Å². The summed E-state index contributed by atoms with van der Waals surface area (Å²) in [7, 11) is 1.74. The van der Waals surface area contributed by atoms with Crippen molar-refractivity contribution in [2.75, 3.05) is 26.7 Å². The van der Waals surface area contributed by atoms with Crippen LogP contribution in [0, 0.1) is 0 Å². The molecular weight excluding hydrogens is 310 g/mol. The van der Waals surface area contributed by atoms with Crippen molar-refractivity contribution in [2.24, 2.45) is 0 Å². The molecule has 0 unspecified atom stereocenters. The SMILES string of the molecule is CN(CCN1CCCC1=O)C(=O)c1cncc(Br)c1. The summed E-state index contributed by atoms with van der Waals surface area (Å²) in [6.45, 7) is 1.94. The molecule has 0 bridgehead atoms. The topological polar surface area (TPSA) is 53.5 Å². The number of carbonyl (C=O) groups is 2. The number of aromatic nitrogens is 1. The number of rotatable bonds is 4. The van der Waals surface area contributed by atoms with Crippen LogP contribution in [0.25, 0.3) is 0 Å². The first-order valence-corrected chi connectivity index (χ1v) is 7.01. The zero-order valence-corrected chi connectivity index (χ0v) is 12.4. The quantitative estimate of drug-likeness (QED) is 0.843. The van der Waals surface area contributed by atoms with Gasteiger partial charge in [0.1, 0.15) is 0 Å². The summed E-state index contributed by atoms with van der Waals surface area (Å²) in [5, 5.41) is 0. The highest BCUT2D eigenvalue weighted by Gasteiger charge is 2.21. The van der Waals surface area contributed by atoms with Crippen molar-refractivity contribution < 1.29 is 9.59 Å². The lowest BCUT2D eigenvalue weighted by atomic mass is 10.2. The van der Waals surface area contributed by atoms with Crippen LogP contribution in [-0.2, 0) is 4.79 Å². The van der Waals surface area contributed by atoms with Gasteiger partial charge in [-0.05, 0) is 28.4 Å². The van der Waals surface area contributed by atoms with E-state index in [1.165, 1.54) is 0 Å². The Kier molecular flexibility index (Phi) is 4.52. The predicted molar refractivity (Wildman–Crippen MR) is 74.7 cm³/mol. The number of likely N-dealkylation sites (tertiary alicyclic amines) is 1. The van der Waals surface area contributed by atoms with Crippen LogP contribution in [0.4, 0.5) is 0 Å². The lowest BCUT2D eigenvalue weighted by Gasteiger charge is -2.21. The minimum atomic E-state index is -0.0829. The zero-order chi connectivity index (χ0) is 13.8. The lowest BCUT2D eigenvalue weighted by Crippen LogP contribution is -2.36. The van der Waals surface area contributed by atoms with E-state index in [4.69, 9.17) is 0 Å². The van der Waals surface area contributed by atoms with E-state index in [2.05, 4.69) is 20.9 Å². The number of pyridine rings is 1. The van der Waals surface area contributed by atoms with Gasteiger partial charge in [-0.15, -0.1) is 0 Å². The molecule has 0 N–H and O–H groups in total. The van der Waals surface area contributed by atoms with Gasteiger partial charge in [-0.2, -0.15) is 0 Å². The molecule has 5 nitrogen and oxygen atoms in total. The largest absolute Gasteiger partial charge is 0.341 e. The van der Waals surface area contributed by atoms with Gasteiger partial charge in [0.2, 0.25) is 5.91 Å². The first-order valence-electron chi connectivity index (χ1n) is 6.21. The highest BCUT2D eigenvalue weighted by molar-refractivity contribution is 9.10. The maximum atomic E-state index is 12.1. The van der Waals surface area contributed by atoms with Gasteiger partial charge in [0, 0.05) is 50.0 Å². The summed E-state index contributed by atoms with van der Waals surface area (Å²) in [5.41, 5.74) is 0.546. The van der Waals surface area contributed by atoms with Crippen molar-refractivity contribution in [3.63, 3.8) is 0 Å². The lowest BCUT2D eigenvalue weighted by molar-refractivity contribution is -0.127. The Hall–Kier alpha value is -1.43. The molecule has 1 aromatic rings. The molecule has 1 fully saturated rings.